The van der Waals surface area contributed by atoms with Gasteiger partial charge < -0.3 is 4.52 Å². The second-order valence-electron chi connectivity index (χ2n) is 7.08. The highest BCUT2D eigenvalue weighted by molar-refractivity contribution is 4.88. The quantitative estimate of drug-likeness (QED) is 0.306. The SMILES string of the molecule is CCCCCCCCCCCCCCCCC(C)c1ncon1. The summed E-state index contributed by atoms with van der Waals surface area (Å²) in [6.45, 7) is 4.47. The molecule has 0 amide bonds. The molecule has 0 aliphatic carbocycles. The first kappa shape index (κ1) is 20.2. The van der Waals surface area contributed by atoms with Crippen LogP contribution in [0.5, 0.6) is 0 Å². The van der Waals surface area contributed by atoms with Crippen molar-refractivity contribution in [3.8, 4) is 0 Å². The predicted octanol–water partition coefficient (Wildman–Crippen LogP) is 7.04. The molecule has 0 aliphatic heterocycles. The van der Waals surface area contributed by atoms with Crippen molar-refractivity contribution in [2.75, 3.05) is 0 Å². The molecule has 23 heavy (non-hydrogen) atoms. The average Bonchev–Trinajstić information content (AvgIpc) is 3.09. The van der Waals surface area contributed by atoms with Crippen molar-refractivity contribution in [3.05, 3.63) is 12.2 Å². The topological polar surface area (TPSA) is 38.9 Å². The Morgan fingerprint density at radius 1 is 0.783 bits per heavy atom. The highest BCUT2D eigenvalue weighted by atomic mass is 16.5. The minimum absolute atomic E-state index is 0.436. The van der Waals surface area contributed by atoms with Gasteiger partial charge in [0.1, 0.15) is 0 Å². The van der Waals surface area contributed by atoms with Gasteiger partial charge in [-0.3, -0.25) is 0 Å². The number of nitrogens with zero attached hydrogens (tertiary/aromatic N) is 2. The van der Waals surface area contributed by atoms with E-state index in [4.69, 9.17) is 4.52 Å². The molecule has 1 atom stereocenters. The van der Waals surface area contributed by atoms with Gasteiger partial charge in [0.15, 0.2) is 5.82 Å². The van der Waals surface area contributed by atoms with Crippen LogP contribution < -0.4 is 0 Å². The summed E-state index contributed by atoms with van der Waals surface area (Å²) >= 11 is 0. The van der Waals surface area contributed by atoms with Gasteiger partial charge in [-0.05, 0) is 6.42 Å². The molecule has 1 aromatic rings. The van der Waals surface area contributed by atoms with Gasteiger partial charge in [-0.15, -0.1) is 0 Å². The molecule has 1 heterocycles. The largest absolute Gasteiger partial charge is 0.343 e. The van der Waals surface area contributed by atoms with Gasteiger partial charge in [0.25, 0.3) is 0 Å². The van der Waals surface area contributed by atoms with Crippen molar-refractivity contribution < 1.29 is 4.52 Å². The Bertz CT molecular complexity index is 337. The summed E-state index contributed by atoms with van der Waals surface area (Å²) in [5.74, 6) is 1.30. The van der Waals surface area contributed by atoms with E-state index < -0.39 is 0 Å². The highest BCUT2D eigenvalue weighted by Gasteiger charge is 2.09. The van der Waals surface area contributed by atoms with Crippen LogP contribution in [0.15, 0.2) is 10.9 Å². The van der Waals surface area contributed by atoms with Crippen LogP contribution in [0.3, 0.4) is 0 Å². The first-order chi connectivity index (χ1) is 11.3. The molecule has 0 aromatic carbocycles. The van der Waals surface area contributed by atoms with Crippen LogP contribution in [0.1, 0.15) is 122 Å². The van der Waals surface area contributed by atoms with Gasteiger partial charge in [0.05, 0.1) is 0 Å². The summed E-state index contributed by atoms with van der Waals surface area (Å²) in [7, 11) is 0. The van der Waals surface area contributed by atoms with E-state index in [0.29, 0.717) is 5.92 Å². The molecule has 0 bridgehead atoms. The Labute approximate surface area is 143 Å². The monoisotopic (exact) mass is 322 g/mol. The van der Waals surface area contributed by atoms with Crippen LogP contribution in [0.2, 0.25) is 0 Å². The third-order valence-corrected chi connectivity index (χ3v) is 4.81. The lowest BCUT2D eigenvalue weighted by Gasteiger charge is -2.06. The number of rotatable bonds is 16. The zero-order chi connectivity index (χ0) is 16.6. The van der Waals surface area contributed by atoms with Gasteiger partial charge in [-0.25, -0.2) is 0 Å². The van der Waals surface area contributed by atoms with E-state index in [9.17, 15) is 0 Å². The molecule has 1 unspecified atom stereocenters. The van der Waals surface area contributed by atoms with Crippen LogP contribution in [0.4, 0.5) is 0 Å². The molecule has 0 fully saturated rings. The van der Waals surface area contributed by atoms with E-state index in [1.165, 1.54) is 103 Å². The maximum atomic E-state index is 4.80. The van der Waals surface area contributed by atoms with Crippen LogP contribution in [0.25, 0.3) is 0 Å². The highest BCUT2D eigenvalue weighted by Crippen LogP contribution is 2.19. The van der Waals surface area contributed by atoms with Crippen LogP contribution in [-0.2, 0) is 0 Å². The first-order valence-electron chi connectivity index (χ1n) is 10.1. The Morgan fingerprint density at radius 3 is 1.70 bits per heavy atom. The summed E-state index contributed by atoms with van der Waals surface area (Å²) in [5.41, 5.74) is 0. The average molecular weight is 323 g/mol. The van der Waals surface area contributed by atoms with Crippen LogP contribution in [0, 0.1) is 0 Å². The van der Waals surface area contributed by atoms with Gasteiger partial charge in [-0.1, -0.05) is 109 Å². The molecule has 0 aliphatic rings. The molecule has 3 heteroatoms. The van der Waals surface area contributed by atoms with Crippen molar-refractivity contribution in [3.63, 3.8) is 0 Å². The van der Waals surface area contributed by atoms with Crippen molar-refractivity contribution >= 4 is 0 Å². The van der Waals surface area contributed by atoms with Gasteiger partial charge in [0.2, 0.25) is 6.39 Å². The van der Waals surface area contributed by atoms with Crippen LogP contribution >= 0.6 is 0 Å². The fraction of sp³-hybridized carbons (Fsp3) is 0.900. The number of hydrogen-bond acceptors (Lipinski definition) is 3. The molecular formula is C20H38N2O. The van der Waals surface area contributed by atoms with E-state index >= 15 is 0 Å². The third-order valence-electron chi connectivity index (χ3n) is 4.81. The lowest BCUT2D eigenvalue weighted by Crippen LogP contribution is -1.96. The number of hydrogen-bond donors (Lipinski definition) is 0. The molecule has 1 rings (SSSR count). The second kappa shape index (κ2) is 14.7. The van der Waals surface area contributed by atoms with Crippen molar-refractivity contribution in [2.45, 2.75) is 116 Å². The second-order valence-corrected chi connectivity index (χ2v) is 7.08. The normalized spacial score (nSPS) is 12.6. The van der Waals surface area contributed by atoms with E-state index in [-0.39, 0.29) is 0 Å². The fourth-order valence-corrected chi connectivity index (χ4v) is 3.17. The van der Waals surface area contributed by atoms with E-state index in [0.717, 1.165) is 5.82 Å². The van der Waals surface area contributed by atoms with Crippen molar-refractivity contribution in [1.29, 1.82) is 0 Å². The summed E-state index contributed by atoms with van der Waals surface area (Å²) in [4.78, 5) is 4.12. The Hall–Kier alpha value is -0.860. The van der Waals surface area contributed by atoms with E-state index in [2.05, 4.69) is 24.0 Å². The van der Waals surface area contributed by atoms with Gasteiger partial charge >= 0.3 is 0 Å². The fourth-order valence-electron chi connectivity index (χ4n) is 3.17. The lowest BCUT2D eigenvalue weighted by atomic mass is 10.0. The Kier molecular flexibility index (Phi) is 12.9. The predicted molar refractivity (Wildman–Crippen MR) is 97.6 cm³/mol. The third kappa shape index (κ3) is 11.3. The maximum Gasteiger partial charge on any atom is 0.213 e. The number of unbranched alkanes of at least 4 members (excludes halogenated alkanes) is 13. The Balaban J connectivity index is 1.75. The molecule has 0 radical (unpaired) electrons. The molecule has 0 saturated heterocycles. The molecule has 3 nitrogen and oxygen atoms in total. The zero-order valence-corrected chi connectivity index (χ0v) is 15.6. The van der Waals surface area contributed by atoms with Crippen molar-refractivity contribution in [2.24, 2.45) is 0 Å². The molecule has 0 saturated carbocycles. The molecule has 134 valence electrons. The van der Waals surface area contributed by atoms with Crippen LogP contribution in [-0.4, -0.2) is 10.1 Å². The minimum atomic E-state index is 0.436. The molecular weight excluding hydrogens is 284 g/mol. The molecule has 0 spiro atoms. The standard InChI is InChI=1S/C20H38N2O/c1-3-4-5-6-7-8-9-10-11-12-13-14-15-16-17-19(2)20-21-18-23-22-20/h18-19H,3-17H2,1-2H3. The summed E-state index contributed by atoms with van der Waals surface area (Å²) in [6.07, 6.45) is 22.4. The van der Waals surface area contributed by atoms with Crippen molar-refractivity contribution in [1.82, 2.24) is 10.1 Å². The Morgan fingerprint density at radius 2 is 1.26 bits per heavy atom. The first-order valence-corrected chi connectivity index (χ1v) is 10.1. The van der Waals surface area contributed by atoms with E-state index in [1.807, 2.05) is 0 Å². The zero-order valence-electron chi connectivity index (χ0n) is 15.6. The smallest absolute Gasteiger partial charge is 0.213 e. The maximum absolute atomic E-state index is 4.80. The summed E-state index contributed by atoms with van der Waals surface area (Å²) in [6, 6.07) is 0. The summed E-state index contributed by atoms with van der Waals surface area (Å²) in [5, 5.41) is 3.91. The van der Waals surface area contributed by atoms with E-state index in [1.54, 1.807) is 0 Å². The lowest BCUT2D eigenvalue weighted by molar-refractivity contribution is 0.402. The van der Waals surface area contributed by atoms with Gasteiger partial charge in [0, 0.05) is 5.92 Å². The molecule has 1 aromatic heterocycles. The number of aromatic nitrogens is 2. The molecule has 0 N–H and O–H groups in total. The summed E-state index contributed by atoms with van der Waals surface area (Å²) < 4.78 is 4.80. The van der Waals surface area contributed by atoms with Gasteiger partial charge in [-0.2, -0.15) is 4.98 Å². The minimum Gasteiger partial charge on any atom is -0.343 e.